The van der Waals surface area contributed by atoms with Gasteiger partial charge in [0, 0.05) is 17.9 Å². The smallest absolute Gasteiger partial charge is 0.0417 e. The second kappa shape index (κ2) is 5.55. The standard InChI is InChI=1S/C15H21N/c1-6-12(4)15(8-3)16-10-9-14(7-2)11-13(16)5/h6-9,11H,2,10H2,1,3-5H3/b12-6-,15-8+. The topological polar surface area (TPSA) is 3.24 Å². The summed E-state index contributed by atoms with van der Waals surface area (Å²) < 4.78 is 0. The largest absolute Gasteiger partial charge is 0.342 e. The Morgan fingerprint density at radius 3 is 2.50 bits per heavy atom. The molecule has 86 valence electrons. The highest BCUT2D eigenvalue weighted by molar-refractivity contribution is 5.39. The van der Waals surface area contributed by atoms with Crippen molar-refractivity contribution < 1.29 is 0 Å². The van der Waals surface area contributed by atoms with Crippen LogP contribution < -0.4 is 0 Å². The van der Waals surface area contributed by atoms with Gasteiger partial charge in [0.1, 0.15) is 0 Å². The van der Waals surface area contributed by atoms with Gasteiger partial charge in [0.15, 0.2) is 0 Å². The Hall–Kier alpha value is -1.50. The molecule has 1 nitrogen and oxygen atoms in total. The van der Waals surface area contributed by atoms with Gasteiger partial charge in [-0.25, -0.2) is 0 Å². The monoisotopic (exact) mass is 215 g/mol. The molecule has 0 saturated carbocycles. The molecule has 0 fully saturated rings. The zero-order valence-corrected chi connectivity index (χ0v) is 10.7. The van der Waals surface area contributed by atoms with E-state index in [1.165, 1.54) is 22.5 Å². The highest BCUT2D eigenvalue weighted by Crippen LogP contribution is 2.24. The lowest BCUT2D eigenvalue weighted by Crippen LogP contribution is -2.24. The van der Waals surface area contributed by atoms with Crippen LogP contribution in [0.2, 0.25) is 0 Å². The van der Waals surface area contributed by atoms with E-state index in [9.17, 15) is 0 Å². The molecule has 0 aromatic rings. The van der Waals surface area contributed by atoms with Crippen LogP contribution in [0.3, 0.4) is 0 Å². The molecule has 0 aromatic carbocycles. The van der Waals surface area contributed by atoms with Crippen LogP contribution in [0.25, 0.3) is 0 Å². The molecule has 0 radical (unpaired) electrons. The molecule has 16 heavy (non-hydrogen) atoms. The van der Waals surface area contributed by atoms with Gasteiger partial charge in [0.05, 0.1) is 0 Å². The molecule has 1 rings (SSSR count). The summed E-state index contributed by atoms with van der Waals surface area (Å²) in [6.45, 7) is 13.2. The van der Waals surface area contributed by atoms with Crippen molar-refractivity contribution in [1.82, 2.24) is 4.90 Å². The van der Waals surface area contributed by atoms with Crippen LogP contribution in [0.1, 0.15) is 27.7 Å². The summed E-state index contributed by atoms with van der Waals surface area (Å²) in [5.74, 6) is 0. The highest BCUT2D eigenvalue weighted by Gasteiger charge is 2.14. The Balaban J connectivity index is 2.98. The van der Waals surface area contributed by atoms with Crippen LogP contribution in [0, 0.1) is 0 Å². The predicted molar refractivity (Wildman–Crippen MR) is 71.9 cm³/mol. The second-order valence-electron chi connectivity index (χ2n) is 3.95. The van der Waals surface area contributed by atoms with Crippen molar-refractivity contribution in [2.24, 2.45) is 0 Å². The van der Waals surface area contributed by atoms with Crippen LogP contribution in [0.15, 0.2) is 59.5 Å². The minimum atomic E-state index is 0.925. The van der Waals surface area contributed by atoms with E-state index in [0.29, 0.717) is 0 Å². The van der Waals surface area contributed by atoms with Gasteiger partial charge in [-0.05, 0) is 44.9 Å². The summed E-state index contributed by atoms with van der Waals surface area (Å²) in [6.07, 6.45) is 10.6. The van der Waals surface area contributed by atoms with Gasteiger partial charge in [-0.15, -0.1) is 0 Å². The van der Waals surface area contributed by atoms with Crippen LogP contribution in [-0.4, -0.2) is 11.4 Å². The summed E-state index contributed by atoms with van der Waals surface area (Å²) in [7, 11) is 0. The lowest BCUT2D eigenvalue weighted by Gasteiger charge is -2.30. The van der Waals surface area contributed by atoms with Gasteiger partial charge < -0.3 is 4.90 Å². The van der Waals surface area contributed by atoms with E-state index in [-0.39, 0.29) is 0 Å². The van der Waals surface area contributed by atoms with E-state index < -0.39 is 0 Å². The number of hydrogen-bond donors (Lipinski definition) is 0. The van der Waals surface area contributed by atoms with Gasteiger partial charge >= 0.3 is 0 Å². The number of nitrogens with zero attached hydrogens (tertiary/aromatic N) is 1. The minimum absolute atomic E-state index is 0.925. The third-order valence-corrected chi connectivity index (χ3v) is 2.95. The van der Waals surface area contributed by atoms with Crippen LogP contribution in [0.4, 0.5) is 0 Å². The summed E-state index contributed by atoms with van der Waals surface area (Å²) in [6, 6.07) is 0. The first kappa shape index (κ1) is 12.6. The maximum atomic E-state index is 3.80. The predicted octanol–water partition coefficient (Wildman–Crippen LogP) is 4.19. The Morgan fingerprint density at radius 1 is 1.38 bits per heavy atom. The van der Waals surface area contributed by atoms with E-state index in [4.69, 9.17) is 0 Å². The molecule has 0 aliphatic carbocycles. The fourth-order valence-corrected chi connectivity index (χ4v) is 1.89. The van der Waals surface area contributed by atoms with E-state index in [0.717, 1.165) is 6.54 Å². The Labute approximate surface area is 99.2 Å². The molecular formula is C15H21N. The van der Waals surface area contributed by atoms with Gasteiger partial charge in [0.25, 0.3) is 0 Å². The maximum Gasteiger partial charge on any atom is 0.0417 e. The molecule has 0 atom stereocenters. The van der Waals surface area contributed by atoms with Crippen LogP contribution in [-0.2, 0) is 0 Å². The highest BCUT2D eigenvalue weighted by atomic mass is 15.1. The van der Waals surface area contributed by atoms with Crippen LogP contribution in [0.5, 0.6) is 0 Å². The molecular weight excluding hydrogens is 194 g/mol. The molecule has 1 aliphatic heterocycles. The van der Waals surface area contributed by atoms with E-state index in [1.807, 2.05) is 6.08 Å². The molecule has 0 N–H and O–H groups in total. The fraction of sp³-hybridized carbons (Fsp3) is 0.333. The summed E-state index contributed by atoms with van der Waals surface area (Å²) in [5.41, 5.74) is 5.08. The van der Waals surface area contributed by atoms with Crippen molar-refractivity contribution in [3.63, 3.8) is 0 Å². The lowest BCUT2D eigenvalue weighted by molar-refractivity contribution is 0.473. The third kappa shape index (κ3) is 2.54. The third-order valence-electron chi connectivity index (χ3n) is 2.95. The molecule has 0 unspecified atom stereocenters. The Kier molecular flexibility index (Phi) is 4.36. The molecule has 0 aromatic heterocycles. The van der Waals surface area contributed by atoms with Crippen molar-refractivity contribution in [2.75, 3.05) is 6.54 Å². The molecule has 0 bridgehead atoms. The first-order valence-electron chi connectivity index (χ1n) is 5.72. The first-order chi connectivity index (χ1) is 7.63. The average molecular weight is 215 g/mol. The van der Waals surface area contributed by atoms with Crippen molar-refractivity contribution >= 4 is 0 Å². The molecule has 1 heterocycles. The molecule has 1 heteroatoms. The Bertz CT molecular complexity index is 392. The average Bonchev–Trinajstić information content (AvgIpc) is 2.31. The quantitative estimate of drug-likeness (QED) is 0.638. The summed E-state index contributed by atoms with van der Waals surface area (Å²) >= 11 is 0. The number of hydrogen-bond acceptors (Lipinski definition) is 1. The van der Waals surface area contributed by atoms with Crippen molar-refractivity contribution in [3.05, 3.63) is 59.5 Å². The van der Waals surface area contributed by atoms with Crippen molar-refractivity contribution in [2.45, 2.75) is 27.7 Å². The molecule has 1 aliphatic rings. The van der Waals surface area contributed by atoms with Gasteiger partial charge in [-0.3, -0.25) is 0 Å². The van der Waals surface area contributed by atoms with E-state index in [2.05, 4.69) is 63.5 Å². The van der Waals surface area contributed by atoms with Gasteiger partial charge in [0.2, 0.25) is 0 Å². The van der Waals surface area contributed by atoms with Crippen molar-refractivity contribution in [1.29, 1.82) is 0 Å². The van der Waals surface area contributed by atoms with Crippen molar-refractivity contribution in [3.8, 4) is 0 Å². The number of rotatable bonds is 3. The maximum absolute atomic E-state index is 3.80. The first-order valence-corrected chi connectivity index (χ1v) is 5.72. The van der Waals surface area contributed by atoms with Gasteiger partial charge in [-0.1, -0.05) is 30.9 Å². The molecule has 0 spiro atoms. The zero-order valence-electron chi connectivity index (χ0n) is 10.7. The molecule has 0 saturated heterocycles. The lowest BCUT2D eigenvalue weighted by atomic mass is 10.1. The Morgan fingerprint density at radius 2 is 2.06 bits per heavy atom. The normalized spacial score (nSPS) is 18.1. The molecule has 0 amide bonds. The van der Waals surface area contributed by atoms with E-state index >= 15 is 0 Å². The minimum Gasteiger partial charge on any atom is -0.342 e. The van der Waals surface area contributed by atoms with Gasteiger partial charge in [-0.2, -0.15) is 0 Å². The summed E-state index contributed by atoms with van der Waals surface area (Å²) in [5, 5.41) is 0. The van der Waals surface area contributed by atoms with Crippen LogP contribution >= 0.6 is 0 Å². The van der Waals surface area contributed by atoms with E-state index in [1.54, 1.807) is 0 Å². The number of allylic oxidation sites excluding steroid dienone is 7. The fourth-order valence-electron chi connectivity index (χ4n) is 1.89. The zero-order chi connectivity index (χ0) is 12.1. The summed E-state index contributed by atoms with van der Waals surface area (Å²) in [4.78, 5) is 2.32. The second-order valence-corrected chi connectivity index (χ2v) is 3.95. The SMILES string of the molecule is C=CC1=CCN(C(=C/C)/C(C)=C\C)C(C)=C1.